The number of aliphatic hydroxyl groups excluding tert-OH is 1. The first kappa shape index (κ1) is 14.0. The van der Waals surface area contributed by atoms with Gasteiger partial charge in [0.1, 0.15) is 23.4 Å². The number of hydrogen-bond acceptors (Lipinski definition) is 4. The van der Waals surface area contributed by atoms with Crippen LogP contribution in [0.3, 0.4) is 0 Å². The highest BCUT2D eigenvalue weighted by atomic mass is 16.5. The number of hydrogen-bond donors (Lipinski definition) is 1. The summed E-state index contributed by atoms with van der Waals surface area (Å²) in [6.45, 7) is 4.13. The molecule has 19 heavy (non-hydrogen) atoms. The van der Waals surface area contributed by atoms with Crippen molar-refractivity contribution in [3.63, 3.8) is 0 Å². The topological polar surface area (TPSA) is 47.9 Å². The van der Waals surface area contributed by atoms with Gasteiger partial charge in [-0.25, -0.2) is 0 Å². The quantitative estimate of drug-likeness (QED) is 0.910. The second kappa shape index (κ2) is 5.29. The minimum atomic E-state index is -0.454. The Kier molecular flexibility index (Phi) is 3.90. The smallest absolute Gasteiger partial charge is 0.127 e. The van der Waals surface area contributed by atoms with E-state index in [1.165, 1.54) is 0 Å². The zero-order valence-corrected chi connectivity index (χ0v) is 12.0. The summed E-state index contributed by atoms with van der Waals surface area (Å²) >= 11 is 0. The normalized spacial score (nSPS) is 25.1. The summed E-state index contributed by atoms with van der Waals surface area (Å²) in [7, 11) is 3.21. The van der Waals surface area contributed by atoms with Gasteiger partial charge in [-0.1, -0.05) is 13.8 Å². The van der Waals surface area contributed by atoms with E-state index in [1.54, 1.807) is 32.4 Å². The third-order valence-electron chi connectivity index (χ3n) is 3.84. The Morgan fingerprint density at radius 2 is 1.58 bits per heavy atom. The van der Waals surface area contributed by atoms with Gasteiger partial charge >= 0.3 is 0 Å². The first-order valence-electron chi connectivity index (χ1n) is 6.54. The molecule has 4 heteroatoms. The van der Waals surface area contributed by atoms with E-state index in [1.807, 2.05) is 0 Å². The van der Waals surface area contributed by atoms with E-state index in [9.17, 15) is 5.11 Å². The lowest BCUT2D eigenvalue weighted by atomic mass is 9.89. The van der Waals surface area contributed by atoms with E-state index >= 15 is 0 Å². The van der Waals surface area contributed by atoms with Crippen molar-refractivity contribution in [2.24, 2.45) is 5.41 Å². The summed E-state index contributed by atoms with van der Waals surface area (Å²) in [5.41, 5.74) is -0.0897. The molecule has 1 fully saturated rings. The number of methoxy groups -OCH3 is 2. The maximum atomic E-state index is 10.2. The minimum absolute atomic E-state index is 0.0897. The van der Waals surface area contributed by atoms with Crippen LogP contribution in [0.15, 0.2) is 18.2 Å². The molecule has 1 aliphatic carbocycles. The summed E-state index contributed by atoms with van der Waals surface area (Å²) in [5, 5.41) is 10.2. The van der Waals surface area contributed by atoms with Gasteiger partial charge in [0.15, 0.2) is 0 Å². The van der Waals surface area contributed by atoms with Crippen LogP contribution in [0.5, 0.6) is 17.2 Å². The van der Waals surface area contributed by atoms with Gasteiger partial charge in [0.2, 0.25) is 0 Å². The molecular weight excluding hydrogens is 244 g/mol. The van der Waals surface area contributed by atoms with Gasteiger partial charge < -0.3 is 19.3 Å². The van der Waals surface area contributed by atoms with E-state index in [0.29, 0.717) is 17.2 Å². The Bertz CT molecular complexity index is 420. The second-order valence-corrected chi connectivity index (χ2v) is 5.68. The molecule has 1 N–H and O–H groups in total. The predicted molar refractivity (Wildman–Crippen MR) is 73.0 cm³/mol. The fraction of sp³-hybridized carbons (Fsp3) is 0.600. The van der Waals surface area contributed by atoms with Crippen molar-refractivity contribution in [1.82, 2.24) is 0 Å². The molecular formula is C15H22O4. The molecule has 0 amide bonds. The molecule has 0 radical (unpaired) electrons. The predicted octanol–water partition coefficient (Wildman–Crippen LogP) is 2.63. The van der Waals surface area contributed by atoms with Crippen molar-refractivity contribution < 1.29 is 19.3 Å². The molecule has 0 spiro atoms. The highest BCUT2D eigenvalue weighted by Gasteiger charge is 2.42. The molecule has 1 aromatic carbocycles. The second-order valence-electron chi connectivity index (χ2n) is 5.68. The van der Waals surface area contributed by atoms with Crippen LogP contribution < -0.4 is 14.2 Å². The maximum Gasteiger partial charge on any atom is 0.127 e. The van der Waals surface area contributed by atoms with Crippen molar-refractivity contribution in [3.8, 4) is 17.2 Å². The third-order valence-corrected chi connectivity index (χ3v) is 3.84. The van der Waals surface area contributed by atoms with Crippen LogP contribution in [0.4, 0.5) is 0 Å². The number of aliphatic hydroxyl groups is 1. The molecule has 2 atom stereocenters. The van der Waals surface area contributed by atoms with Crippen molar-refractivity contribution in [1.29, 1.82) is 0 Å². The SMILES string of the molecule is COc1cc(OC)cc(OC2CCC(C)(C)C2O)c1. The molecule has 0 aromatic heterocycles. The lowest BCUT2D eigenvalue weighted by Crippen LogP contribution is -2.34. The van der Waals surface area contributed by atoms with E-state index in [2.05, 4.69) is 13.8 Å². The van der Waals surface area contributed by atoms with Crippen LogP contribution in [-0.4, -0.2) is 31.5 Å². The molecule has 1 aromatic rings. The fourth-order valence-electron chi connectivity index (χ4n) is 2.47. The fourth-order valence-corrected chi connectivity index (χ4v) is 2.47. The number of benzene rings is 1. The Hall–Kier alpha value is -1.42. The average Bonchev–Trinajstić information content (AvgIpc) is 2.65. The van der Waals surface area contributed by atoms with E-state index < -0.39 is 6.10 Å². The van der Waals surface area contributed by atoms with Gasteiger partial charge in [0, 0.05) is 18.2 Å². The molecule has 0 heterocycles. The summed E-state index contributed by atoms with van der Waals surface area (Å²) in [4.78, 5) is 0. The molecule has 0 bridgehead atoms. The Morgan fingerprint density at radius 3 is 2.00 bits per heavy atom. The number of rotatable bonds is 4. The zero-order valence-electron chi connectivity index (χ0n) is 12.0. The van der Waals surface area contributed by atoms with E-state index in [-0.39, 0.29) is 11.5 Å². The average molecular weight is 266 g/mol. The number of ether oxygens (including phenoxy) is 3. The molecule has 1 saturated carbocycles. The first-order valence-corrected chi connectivity index (χ1v) is 6.54. The maximum absolute atomic E-state index is 10.2. The molecule has 0 saturated heterocycles. The molecule has 1 aliphatic rings. The minimum Gasteiger partial charge on any atom is -0.496 e. The lowest BCUT2D eigenvalue weighted by Gasteiger charge is -2.26. The van der Waals surface area contributed by atoms with Crippen LogP contribution in [0.1, 0.15) is 26.7 Å². The zero-order chi connectivity index (χ0) is 14.0. The monoisotopic (exact) mass is 266 g/mol. The Balaban J connectivity index is 2.15. The summed E-state index contributed by atoms with van der Waals surface area (Å²) in [5.74, 6) is 2.03. The van der Waals surface area contributed by atoms with Gasteiger partial charge in [-0.3, -0.25) is 0 Å². The first-order chi connectivity index (χ1) is 8.96. The van der Waals surface area contributed by atoms with Crippen LogP contribution in [0.2, 0.25) is 0 Å². The van der Waals surface area contributed by atoms with Crippen LogP contribution >= 0.6 is 0 Å². The van der Waals surface area contributed by atoms with Crippen LogP contribution in [0, 0.1) is 5.41 Å². The highest BCUT2D eigenvalue weighted by Crippen LogP contribution is 2.40. The Labute approximate surface area is 114 Å². The van der Waals surface area contributed by atoms with Gasteiger partial charge in [0.05, 0.1) is 20.3 Å². The van der Waals surface area contributed by atoms with Gasteiger partial charge in [0.25, 0.3) is 0 Å². The summed E-state index contributed by atoms with van der Waals surface area (Å²) < 4.78 is 16.3. The van der Waals surface area contributed by atoms with E-state index in [0.717, 1.165) is 12.8 Å². The lowest BCUT2D eigenvalue weighted by molar-refractivity contribution is 0.00479. The van der Waals surface area contributed by atoms with Gasteiger partial charge in [-0.15, -0.1) is 0 Å². The Morgan fingerprint density at radius 1 is 1.05 bits per heavy atom. The van der Waals surface area contributed by atoms with E-state index in [4.69, 9.17) is 14.2 Å². The molecule has 4 nitrogen and oxygen atoms in total. The standard InChI is InChI=1S/C15H22O4/c1-15(2)6-5-13(14(15)16)19-12-8-10(17-3)7-11(9-12)18-4/h7-9,13-14,16H,5-6H2,1-4H3. The third kappa shape index (κ3) is 2.95. The highest BCUT2D eigenvalue weighted by molar-refractivity contribution is 5.42. The van der Waals surface area contributed by atoms with Crippen molar-refractivity contribution in [3.05, 3.63) is 18.2 Å². The van der Waals surface area contributed by atoms with Gasteiger partial charge in [-0.2, -0.15) is 0 Å². The van der Waals surface area contributed by atoms with Crippen molar-refractivity contribution >= 4 is 0 Å². The van der Waals surface area contributed by atoms with Crippen LogP contribution in [-0.2, 0) is 0 Å². The van der Waals surface area contributed by atoms with Gasteiger partial charge in [-0.05, 0) is 18.3 Å². The largest absolute Gasteiger partial charge is 0.496 e. The summed E-state index contributed by atoms with van der Waals surface area (Å²) in [6.07, 6.45) is 1.18. The van der Waals surface area contributed by atoms with Crippen molar-refractivity contribution in [2.75, 3.05) is 14.2 Å². The summed E-state index contributed by atoms with van der Waals surface area (Å²) in [6, 6.07) is 5.41. The molecule has 0 aliphatic heterocycles. The molecule has 2 unspecified atom stereocenters. The molecule has 106 valence electrons. The molecule has 2 rings (SSSR count). The van der Waals surface area contributed by atoms with Crippen molar-refractivity contribution in [2.45, 2.75) is 38.9 Å². The van der Waals surface area contributed by atoms with Crippen LogP contribution in [0.25, 0.3) is 0 Å².